The standard InChI is InChI=1S/C18H20O5S/c1-10-4-5-15-12(6-10)7-16(24-15)18(20)22-9-13-8-14(11(2)23-13)17(19)21-3/h7-8,10H,4-6,9H2,1-3H3/t10-/m1/s1. The average Bonchev–Trinajstić information content (AvgIpc) is 3.14. The van der Waals surface area contributed by atoms with E-state index in [2.05, 4.69) is 11.7 Å². The van der Waals surface area contributed by atoms with Gasteiger partial charge in [0.1, 0.15) is 28.6 Å². The van der Waals surface area contributed by atoms with Gasteiger partial charge in [-0.15, -0.1) is 11.3 Å². The van der Waals surface area contributed by atoms with Crippen molar-refractivity contribution < 1.29 is 23.5 Å². The van der Waals surface area contributed by atoms with Gasteiger partial charge in [0.15, 0.2) is 0 Å². The molecule has 0 amide bonds. The maximum Gasteiger partial charge on any atom is 0.348 e. The molecule has 128 valence electrons. The third-order valence-corrected chi connectivity index (χ3v) is 5.47. The fourth-order valence-corrected chi connectivity index (χ4v) is 4.04. The van der Waals surface area contributed by atoms with Crippen LogP contribution in [0.25, 0.3) is 0 Å². The molecule has 0 saturated heterocycles. The summed E-state index contributed by atoms with van der Waals surface area (Å²) in [6.07, 6.45) is 3.23. The molecule has 2 heterocycles. The molecule has 3 rings (SSSR count). The van der Waals surface area contributed by atoms with Crippen molar-refractivity contribution >= 4 is 23.3 Å². The van der Waals surface area contributed by atoms with E-state index in [0.29, 0.717) is 27.9 Å². The van der Waals surface area contributed by atoms with Crippen molar-refractivity contribution in [1.82, 2.24) is 0 Å². The van der Waals surface area contributed by atoms with E-state index in [0.717, 1.165) is 12.8 Å². The van der Waals surface area contributed by atoms with Gasteiger partial charge in [-0.2, -0.15) is 0 Å². The Kier molecular flexibility index (Phi) is 4.76. The van der Waals surface area contributed by atoms with Crippen LogP contribution < -0.4 is 0 Å². The number of esters is 2. The molecule has 24 heavy (non-hydrogen) atoms. The van der Waals surface area contributed by atoms with Gasteiger partial charge in [0.05, 0.1) is 7.11 Å². The van der Waals surface area contributed by atoms with Gasteiger partial charge in [-0.25, -0.2) is 9.59 Å². The van der Waals surface area contributed by atoms with E-state index in [1.165, 1.54) is 35.3 Å². The van der Waals surface area contributed by atoms with Crippen LogP contribution in [0.3, 0.4) is 0 Å². The fourth-order valence-electron chi connectivity index (χ4n) is 2.94. The topological polar surface area (TPSA) is 65.7 Å². The first kappa shape index (κ1) is 16.8. The van der Waals surface area contributed by atoms with Crippen molar-refractivity contribution in [3.05, 3.63) is 44.5 Å². The normalized spacial score (nSPS) is 16.5. The van der Waals surface area contributed by atoms with E-state index >= 15 is 0 Å². The minimum absolute atomic E-state index is 0.00433. The Morgan fingerprint density at radius 3 is 2.88 bits per heavy atom. The lowest BCUT2D eigenvalue weighted by atomic mass is 9.90. The summed E-state index contributed by atoms with van der Waals surface area (Å²) in [5.41, 5.74) is 1.62. The predicted octanol–water partition coefficient (Wildman–Crippen LogP) is 3.92. The molecular weight excluding hydrogens is 328 g/mol. The number of hydrogen-bond donors (Lipinski definition) is 0. The van der Waals surface area contributed by atoms with E-state index in [9.17, 15) is 9.59 Å². The monoisotopic (exact) mass is 348 g/mol. The molecule has 0 bridgehead atoms. The van der Waals surface area contributed by atoms with Crippen LogP contribution in [0.1, 0.15) is 55.3 Å². The van der Waals surface area contributed by atoms with Crippen molar-refractivity contribution in [2.75, 3.05) is 7.11 Å². The maximum absolute atomic E-state index is 12.3. The lowest BCUT2D eigenvalue weighted by Gasteiger charge is -2.16. The first-order valence-corrected chi connectivity index (χ1v) is 8.76. The van der Waals surface area contributed by atoms with Crippen LogP contribution in [0.2, 0.25) is 0 Å². The minimum Gasteiger partial charge on any atom is -0.465 e. The van der Waals surface area contributed by atoms with Gasteiger partial charge in [-0.3, -0.25) is 0 Å². The summed E-state index contributed by atoms with van der Waals surface area (Å²) in [6, 6.07) is 3.50. The lowest BCUT2D eigenvalue weighted by Crippen LogP contribution is -2.08. The minimum atomic E-state index is -0.464. The van der Waals surface area contributed by atoms with Gasteiger partial charge in [-0.1, -0.05) is 6.92 Å². The molecule has 1 aliphatic carbocycles. The second kappa shape index (κ2) is 6.81. The Morgan fingerprint density at radius 1 is 1.33 bits per heavy atom. The molecule has 0 spiro atoms. The zero-order chi connectivity index (χ0) is 17.3. The zero-order valence-corrected chi connectivity index (χ0v) is 14.8. The number of furan rings is 1. The molecule has 0 fully saturated rings. The molecule has 2 aromatic rings. The van der Waals surface area contributed by atoms with E-state index in [4.69, 9.17) is 9.15 Å². The van der Waals surface area contributed by atoms with Gasteiger partial charge < -0.3 is 13.9 Å². The van der Waals surface area contributed by atoms with Crippen LogP contribution >= 0.6 is 11.3 Å². The summed E-state index contributed by atoms with van der Waals surface area (Å²) in [7, 11) is 1.31. The Bertz CT molecular complexity index is 770. The van der Waals surface area contributed by atoms with E-state index in [-0.39, 0.29) is 12.6 Å². The molecule has 0 aliphatic heterocycles. The Balaban J connectivity index is 1.65. The third-order valence-electron chi connectivity index (χ3n) is 4.25. The average molecular weight is 348 g/mol. The summed E-state index contributed by atoms with van der Waals surface area (Å²) < 4.78 is 15.4. The van der Waals surface area contributed by atoms with Gasteiger partial charge in [0.25, 0.3) is 0 Å². The number of ether oxygens (including phenoxy) is 2. The van der Waals surface area contributed by atoms with Crippen molar-refractivity contribution in [1.29, 1.82) is 0 Å². The molecule has 0 unspecified atom stereocenters. The molecule has 0 N–H and O–H groups in total. The SMILES string of the molecule is COC(=O)c1cc(COC(=O)c2cc3c(s2)CC[C@@H](C)C3)oc1C. The maximum atomic E-state index is 12.3. The van der Waals surface area contributed by atoms with Crippen LogP contribution in [0.5, 0.6) is 0 Å². The lowest BCUT2D eigenvalue weighted by molar-refractivity contribution is 0.0449. The van der Waals surface area contributed by atoms with E-state index < -0.39 is 5.97 Å². The summed E-state index contributed by atoms with van der Waals surface area (Å²) in [6.45, 7) is 3.90. The molecule has 5 nitrogen and oxygen atoms in total. The Morgan fingerprint density at radius 2 is 2.12 bits per heavy atom. The first-order chi connectivity index (χ1) is 11.5. The number of methoxy groups -OCH3 is 1. The number of rotatable bonds is 4. The summed E-state index contributed by atoms with van der Waals surface area (Å²) in [5.74, 6) is 0.730. The van der Waals surface area contributed by atoms with Crippen LogP contribution in [-0.2, 0) is 28.9 Å². The summed E-state index contributed by atoms with van der Waals surface area (Å²) in [4.78, 5) is 25.7. The highest BCUT2D eigenvalue weighted by atomic mass is 32.1. The van der Waals surface area contributed by atoms with Crippen LogP contribution in [-0.4, -0.2) is 19.0 Å². The van der Waals surface area contributed by atoms with Crippen molar-refractivity contribution in [2.45, 2.75) is 39.7 Å². The number of thiophene rings is 1. The number of carbonyl (C=O) groups is 2. The smallest absolute Gasteiger partial charge is 0.348 e. The van der Waals surface area contributed by atoms with Gasteiger partial charge in [0.2, 0.25) is 0 Å². The number of fused-ring (bicyclic) bond motifs is 1. The molecule has 6 heteroatoms. The second-order valence-electron chi connectivity index (χ2n) is 6.16. The molecule has 1 aliphatic rings. The van der Waals surface area contributed by atoms with E-state index in [1.54, 1.807) is 13.0 Å². The van der Waals surface area contributed by atoms with Gasteiger partial charge >= 0.3 is 11.9 Å². The van der Waals surface area contributed by atoms with Gasteiger partial charge in [0, 0.05) is 4.88 Å². The molecule has 2 aromatic heterocycles. The highest BCUT2D eigenvalue weighted by Crippen LogP contribution is 2.32. The molecule has 1 atom stereocenters. The number of hydrogen-bond acceptors (Lipinski definition) is 6. The largest absolute Gasteiger partial charge is 0.465 e. The Hall–Kier alpha value is -2.08. The molecular formula is C18H20O5S. The molecule has 0 saturated carbocycles. The van der Waals surface area contributed by atoms with Crippen molar-refractivity contribution in [2.24, 2.45) is 5.92 Å². The quantitative estimate of drug-likeness (QED) is 0.784. The van der Waals surface area contributed by atoms with Crippen molar-refractivity contribution in [3.63, 3.8) is 0 Å². The van der Waals surface area contributed by atoms with Crippen LogP contribution in [0, 0.1) is 12.8 Å². The predicted molar refractivity (Wildman–Crippen MR) is 89.4 cm³/mol. The summed E-state index contributed by atoms with van der Waals surface area (Å²) in [5, 5.41) is 0. The molecule has 0 aromatic carbocycles. The zero-order valence-electron chi connectivity index (χ0n) is 14.0. The second-order valence-corrected chi connectivity index (χ2v) is 7.29. The summed E-state index contributed by atoms with van der Waals surface area (Å²) >= 11 is 1.52. The number of carbonyl (C=O) groups excluding carboxylic acids is 2. The van der Waals surface area contributed by atoms with Crippen LogP contribution in [0.15, 0.2) is 16.5 Å². The third kappa shape index (κ3) is 3.38. The van der Waals surface area contributed by atoms with E-state index in [1.807, 2.05) is 6.07 Å². The van der Waals surface area contributed by atoms with Gasteiger partial charge in [-0.05, 0) is 49.8 Å². The highest BCUT2D eigenvalue weighted by Gasteiger charge is 2.22. The van der Waals surface area contributed by atoms with Crippen molar-refractivity contribution in [3.8, 4) is 0 Å². The first-order valence-electron chi connectivity index (χ1n) is 7.94. The fraction of sp³-hybridized carbons (Fsp3) is 0.444. The van der Waals surface area contributed by atoms with Crippen LogP contribution in [0.4, 0.5) is 0 Å². The Labute approximate surface area is 144 Å². The number of aryl methyl sites for hydroxylation is 2. The highest BCUT2D eigenvalue weighted by molar-refractivity contribution is 7.14. The molecule has 0 radical (unpaired) electrons.